The van der Waals surface area contributed by atoms with Crippen LogP contribution < -0.4 is 5.32 Å². The van der Waals surface area contributed by atoms with Gasteiger partial charge in [-0.1, -0.05) is 30.3 Å². The van der Waals surface area contributed by atoms with Crippen molar-refractivity contribution in [2.45, 2.75) is 19.5 Å². The molecule has 0 spiro atoms. The largest absolute Gasteiger partial charge is 0.337 e. The normalized spacial score (nSPS) is 23.3. The van der Waals surface area contributed by atoms with Crippen molar-refractivity contribution in [1.82, 2.24) is 15.1 Å². The molecule has 2 fully saturated rings. The average Bonchev–Trinajstić information content (AvgIpc) is 2.38. The standard InChI is InChI=1S/C16H23N3O.ClH/c1-13-11-18(12-14-5-3-2-4-6-14)7-8-19(13)16(20)15-9-17-10-15;/h2-6,13,15,17H,7-12H2,1H3;1H. The highest BCUT2D eigenvalue weighted by Gasteiger charge is 2.34. The number of carbonyl (C=O) groups is 1. The Hall–Kier alpha value is -1.10. The van der Waals surface area contributed by atoms with Crippen LogP contribution in [0.1, 0.15) is 12.5 Å². The molecule has 0 saturated carbocycles. The molecule has 0 bridgehead atoms. The van der Waals surface area contributed by atoms with Gasteiger partial charge in [0.2, 0.25) is 5.91 Å². The van der Waals surface area contributed by atoms with Gasteiger partial charge in [-0.25, -0.2) is 0 Å². The number of hydrogen-bond acceptors (Lipinski definition) is 3. The maximum absolute atomic E-state index is 12.3. The van der Waals surface area contributed by atoms with Crippen molar-refractivity contribution in [3.63, 3.8) is 0 Å². The zero-order valence-corrected chi connectivity index (χ0v) is 13.3. The molecule has 2 aliphatic heterocycles. The lowest BCUT2D eigenvalue weighted by Gasteiger charge is -2.42. The van der Waals surface area contributed by atoms with Gasteiger partial charge < -0.3 is 10.2 Å². The van der Waals surface area contributed by atoms with E-state index in [1.807, 2.05) is 0 Å². The van der Waals surface area contributed by atoms with Gasteiger partial charge in [0.05, 0.1) is 5.92 Å². The summed E-state index contributed by atoms with van der Waals surface area (Å²) >= 11 is 0. The minimum Gasteiger partial charge on any atom is -0.337 e. The summed E-state index contributed by atoms with van der Waals surface area (Å²) in [6, 6.07) is 10.9. The third-order valence-corrected chi connectivity index (χ3v) is 4.37. The summed E-state index contributed by atoms with van der Waals surface area (Å²) in [6.45, 7) is 7.68. The van der Waals surface area contributed by atoms with Gasteiger partial charge in [0.15, 0.2) is 0 Å². The highest BCUT2D eigenvalue weighted by Crippen LogP contribution is 2.17. The van der Waals surface area contributed by atoms with Crippen molar-refractivity contribution in [3.8, 4) is 0 Å². The fraction of sp³-hybridized carbons (Fsp3) is 0.562. The first-order valence-corrected chi connectivity index (χ1v) is 7.51. The van der Waals surface area contributed by atoms with Crippen LogP contribution in [0.4, 0.5) is 0 Å². The Morgan fingerprint density at radius 3 is 2.52 bits per heavy atom. The topological polar surface area (TPSA) is 35.6 Å². The van der Waals surface area contributed by atoms with Crippen LogP contribution in [0.2, 0.25) is 0 Å². The number of hydrogen-bond donors (Lipinski definition) is 1. The Kier molecular flexibility index (Phi) is 5.62. The number of halogens is 1. The third-order valence-electron chi connectivity index (χ3n) is 4.37. The predicted octanol–water partition coefficient (Wildman–Crippen LogP) is 1.36. The molecule has 2 saturated heterocycles. The van der Waals surface area contributed by atoms with Crippen molar-refractivity contribution >= 4 is 18.3 Å². The van der Waals surface area contributed by atoms with E-state index >= 15 is 0 Å². The Labute approximate surface area is 132 Å². The van der Waals surface area contributed by atoms with Crippen LogP contribution in [0.25, 0.3) is 0 Å². The number of piperazine rings is 1. The van der Waals surface area contributed by atoms with Gasteiger partial charge in [-0.15, -0.1) is 12.4 Å². The van der Waals surface area contributed by atoms with Crippen LogP contribution in [-0.4, -0.2) is 54.5 Å². The van der Waals surface area contributed by atoms with Crippen LogP contribution in [0.5, 0.6) is 0 Å². The molecule has 2 aliphatic rings. The summed E-state index contributed by atoms with van der Waals surface area (Å²) in [7, 11) is 0. The van der Waals surface area contributed by atoms with E-state index in [4.69, 9.17) is 0 Å². The fourth-order valence-electron chi connectivity index (χ4n) is 3.04. The molecule has 1 aromatic rings. The summed E-state index contributed by atoms with van der Waals surface area (Å²) in [5.74, 6) is 0.564. The van der Waals surface area contributed by atoms with Crippen LogP contribution in [-0.2, 0) is 11.3 Å². The van der Waals surface area contributed by atoms with E-state index in [-0.39, 0.29) is 18.3 Å². The second kappa shape index (κ2) is 7.25. The van der Waals surface area contributed by atoms with Gasteiger partial charge in [-0.05, 0) is 12.5 Å². The molecule has 2 heterocycles. The van der Waals surface area contributed by atoms with Gasteiger partial charge >= 0.3 is 0 Å². The molecular formula is C16H24ClN3O. The van der Waals surface area contributed by atoms with E-state index in [0.29, 0.717) is 11.9 Å². The highest BCUT2D eigenvalue weighted by molar-refractivity contribution is 5.85. The summed E-state index contributed by atoms with van der Waals surface area (Å²) in [5.41, 5.74) is 1.35. The second-order valence-electron chi connectivity index (χ2n) is 5.96. The quantitative estimate of drug-likeness (QED) is 0.916. The molecule has 1 N–H and O–H groups in total. The number of amides is 1. The zero-order chi connectivity index (χ0) is 13.9. The number of carbonyl (C=O) groups excluding carboxylic acids is 1. The lowest BCUT2D eigenvalue weighted by Crippen LogP contribution is -2.59. The third kappa shape index (κ3) is 3.76. The van der Waals surface area contributed by atoms with Crippen LogP contribution in [0.15, 0.2) is 30.3 Å². The van der Waals surface area contributed by atoms with E-state index < -0.39 is 0 Å². The monoisotopic (exact) mass is 309 g/mol. The van der Waals surface area contributed by atoms with Crippen molar-refractivity contribution in [1.29, 1.82) is 0 Å². The van der Waals surface area contributed by atoms with Crippen molar-refractivity contribution in [3.05, 3.63) is 35.9 Å². The summed E-state index contributed by atoms with van der Waals surface area (Å²) in [6.07, 6.45) is 0. The Bertz CT molecular complexity index is 464. The highest BCUT2D eigenvalue weighted by atomic mass is 35.5. The van der Waals surface area contributed by atoms with E-state index in [2.05, 4.69) is 52.4 Å². The molecule has 3 rings (SSSR count). The van der Waals surface area contributed by atoms with E-state index in [0.717, 1.165) is 39.3 Å². The Morgan fingerprint density at radius 1 is 1.24 bits per heavy atom. The Balaban J connectivity index is 0.00000161. The van der Waals surface area contributed by atoms with Crippen LogP contribution in [0.3, 0.4) is 0 Å². The number of nitrogens with one attached hydrogen (secondary N) is 1. The summed E-state index contributed by atoms with van der Waals surface area (Å²) < 4.78 is 0. The molecule has 1 amide bonds. The van der Waals surface area contributed by atoms with Crippen LogP contribution >= 0.6 is 12.4 Å². The lowest BCUT2D eigenvalue weighted by atomic mass is 10.00. The maximum atomic E-state index is 12.3. The van der Waals surface area contributed by atoms with E-state index in [1.54, 1.807) is 0 Å². The molecule has 4 nitrogen and oxygen atoms in total. The lowest BCUT2D eigenvalue weighted by molar-refractivity contribution is -0.141. The summed E-state index contributed by atoms with van der Waals surface area (Å²) in [5, 5.41) is 3.18. The molecule has 21 heavy (non-hydrogen) atoms. The molecule has 116 valence electrons. The smallest absolute Gasteiger partial charge is 0.228 e. The molecule has 5 heteroatoms. The van der Waals surface area contributed by atoms with Gasteiger partial charge in [0, 0.05) is 45.3 Å². The SMILES string of the molecule is CC1CN(Cc2ccccc2)CCN1C(=O)C1CNC1.Cl. The van der Waals surface area contributed by atoms with E-state index in [1.165, 1.54) is 5.56 Å². The van der Waals surface area contributed by atoms with Crippen molar-refractivity contribution in [2.75, 3.05) is 32.7 Å². The van der Waals surface area contributed by atoms with Gasteiger partial charge in [-0.2, -0.15) is 0 Å². The maximum Gasteiger partial charge on any atom is 0.228 e. The number of rotatable bonds is 3. The molecule has 0 radical (unpaired) electrons. The first-order valence-electron chi connectivity index (χ1n) is 7.51. The molecule has 1 atom stereocenters. The number of benzene rings is 1. The molecule has 1 unspecified atom stereocenters. The molecule has 0 aromatic heterocycles. The molecule has 0 aliphatic carbocycles. The Morgan fingerprint density at radius 2 is 1.95 bits per heavy atom. The number of nitrogens with zero attached hydrogens (tertiary/aromatic N) is 2. The second-order valence-corrected chi connectivity index (χ2v) is 5.96. The summed E-state index contributed by atoms with van der Waals surface area (Å²) in [4.78, 5) is 16.8. The first kappa shape index (κ1) is 16.3. The molecule has 1 aromatic carbocycles. The fourth-order valence-corrected chi connectivity index (χ4v) is 3.04. The predicted molar refractivity (Wildman–Crippen MR) is 86.5 cm³/mol. The minimum atomic E-state index is 0. The van der Waals surface area contributed by atoms with Gasteiger partial charge in [0.25, 0.3) is 0 Å². The van der Waals surface area contributed by atoms with E-state index in [9.17, 15) is 4.79 Å². The van der Waals surface area contributed by atoms with Crippen molar-refractivity contribution < 1.29 is 4.79 Å². The minimum absolute atomic E-state index is 0. The van der Waals surface area contributed by atoms with Crippen LogP contribution in [0, 0.1) is 5.92 Å². The first-order chi connectivity index (χ1) is 9.74. The average molecular weight is 310 g/mol. The zero-order valence-electron chi connectivity index (χ0n) is 12.5. The molecular weight excluding hydrogens is 286 g/mol. The van der Waals surface area contributed by atoms with Gasteiger partial charge in [0.1, 0.15) is 0 Å². The van der Waals surface area contributed by atoms with Crippen molar-refractivity contribution in [2.24, 2.45) is 5.92 Å². The van der Waals surface area contributed by atoms with Gasteiger partial charge in [-0.3, -0.25) is 9.69 Å².